The van der Waals surface area contributed by atoms with Crippen molar-refractivity contribution in [3.05, 3.63) is 45.4 Å². The van der Waals surface area contributed by atoms with E-state index in [2.05, 4.69) is 35.4 Å². The van der Waals surface area contributed by atoms with Crippen LogP contribution in [0.3, 0.4) is 0 Å². The van der Waals surface area contributed by atoms with E-state index < -0.39 is 0 Å². The monoisotopic (exact) mass is 343 g/mol. The molecule has 0 aromatic carbocycles. The van der Waals surface area contributed by atoms with Gasteiger partial charge in [-0.05, 0) is 43.7 Å². The SMILES string of the molecule is Cc1cc(C(=O)NC(CC(C)C)c2cccs2)c2c(C)noc2n1. The van der Waals surface area contributed by atoms with Crippen molar-refractivity contribution >= 4 is 28.3 Å². The first-order valence-electron chi connectivity index (χ1n) is 8.03. The zero-order valence-electron chi connectivity index (χ0n) is 14.3. The van der Waals surface area contributed by atoms with Gasteiger partial charge in [0.05, 0.1) is 22.7 Å². The Labute approximate surface area is 145 Å². The lowest BCUT2D eigenvalue weighted by Crippen LogP contribution is -2.29. The number of fused-ring (bicyclic) bond motifs is 1. The summed E-state index contributed by atoms with van der Waals surface area (Å²) in [5, 5.41) is 9.84. The zero-order chi connectivity index (χ0) is 17.3. The summed E-state index contributed by atoms with van der Waals surface area (Å²) in [7, 11) is 0. The predicted octanol–water partition coefficient (Wildman–Crippen LogP) is 4.42. The Bertz CT molecular complexity index is 853. The highest BCUT2D eigenvalue weighted by Gasteiger charge is 2.22. The normalized spacial score (nSPS) is 12.7. The predicted molar refractivity (Wildman–Crippen MR) is 95.3 cm³/mol. The van der Waals surface area contributed by atoms with Crippen LogP contribution in [0, 0.1) is 19.8 Å². The van der Waals surface area contributed by atoms with Crippen molar-refractivity contribution in [1.82, 2.24) is 15.5 Å². The van der Waals surface area contributed by atoms with E-state index in [1.807, 2.05) is 25.3 Å². The number of amides is 1. The van der Waals surface area contributed by atoms with Crippen LogP contribution in [0.1, 0.15) is 52.9 Å². The van der Waals surface area contributed by atoms with E-state index in [1.165, 1.54) is 4.88 Å². The van der Waals surface area contributed by atoms with Gasteiger partial charge in [-0.25, -0.2) is 4.98 Å². The third-order valence-electron chi connectivity index (χ3n) is 3.89. The van der Waals surface area contributed by atoms with E-state index in [4.69, 9.17) is 4.52 Å². The van der Waals surface area contributed by atoms with E-state index in [-0.39, 0.29) is 11.9 Å². The van der Waals surface area contributed by atoms with E-state index in [1.54, 1.807) is 17.4 Å². The average Bonchev–Trinajstić information content (AvgIpc) is 3.15. The molecule has 3 rings (SSSR count). The van der Waals surface area contributed by atoms with E-state index in [0.717, 1.165) is 12.1 Å². The minimum Gasteiger partial charge on any atom is -0.344 e. The molecule has 3 aromatic heterocycles. The summed E-state index contributed by atoms with van der Waals surface area (Å²) in [5.41, 5.74) is 2.40. The molecule has 5 nitrogen and oxygen atoms in total. The highest BCUT2D eigenvalue weighted by atomic mass is 32.1. The molecule has 126 valence electrons. The number of carbonyl (C=O) groups is 1. The summed E-state index contributed by atoms with van der Waals surface area (Å²) in [6.45, 7) is 7.99. The van der Waals surface area contributed by atoms with Crippen LogP contribution in [-0.4, -0.2) is 16.0 Å². The van der Waals surface area contributed by atoms with Gasteiger partial charge in [0.15, 0.2) is 0 Å². The quantitative estimate of drug-likeness (QED) is 0.744. The fourth-order valence-electron chi connectivity index (χ4n) is 2.84. The van der Waals surface area contributed by atoms with Crippen molar-refractivity contribution in [3.63, 3.8) is 0 Å². The molecular weight excluding hydrogens is 322 g/mol. The lowest BCUT2D eigenvalue weighted by Gasteiger charge is -2.20. The van der Waals surface area contributed by atoms with Gasteiger partial charge in [-0.1, -0.05) is 25.1 Å². The number of aromatic nitrogens is 2. The van der Waals surface area contributed by atoms with Gasteiger partial charge in [-0.2, -0.15) is 0 Å². The molecule has 1 atom stereocenters. The Balaban J connectivity index is 1.95. The molecule has 1 N–H and O–H groups in total. The van der Waals surface area contributed by atoms with Crippen molar-refractivity contribution < 1.29 is 9.32 Å². The van der Waals surface area contributed by atoms with Crippen LogP contribution < -0.4 is 5.32 Å². The molecule has 1 unspecified atom stereocenters. The van der Waals surface area contributed by atoms with Crippen LogP contribution >= 0.6 is 11.3 Å². The number of nitrogens with one attached hydrogen (secondary N) is 1. The molecule has 0 radical (unpaired) electrons. The minimum absolute atomic E-state index is 0.00110. The Morgan fingerprint density at radius 1 is 1.38 bits per heavy atom. The number of nitrogens with zero attached hydrogens (tertiary/aromatic N) is 2. The Morgan fingerprint density at radius 2 is 2.17 bits per heavy atom. The molecule has 6 heteroatoms. The second-order valence-corrected chi connectivity index (χ2v) is 7.41. The summed E-state index contributed by atoms with van der Waals surface area (Å²) in [6.07, 6.45) is 0.891. The summed E-state index contributed by atoms with van der Waals surface area (Å²) in [5.74, 6) is 0.366. The number of aryl methyl sites for hydroxylation is 2. The first kappa shape index (κ1) is 16.6. The van der Waals surface area contributed by atoms with Crippen molar-refractivity contribution in [2.24, 2.45) is 5.92 Å². The van der Waals surface area contributed by atoms with Gasteiger partial charge in [-0.15, -0.1) is 11.3 Å². The highest BCUT2D eigenvalue weighted by Crippen LogP contribution is 2.27. The van der Waals surface area contributed by atoms with Crippen LogP contribution in [0.2, 0.25) is 0 Å². The molecule has 3 aromatic rings. The van der Waals surface area contributed by atoms with Gasteiger partial charge < -0.3 is 9.84 Å². The molecule has 0 saturated carbocycles. The van der Waals surface area contributed by atoms with Gasteiger partial charge in [0.25, 0.3) is 11.6 Å². The molecule has 0 aliphatic heterocycles. The van der Waals surface area contributed by atoms with Gasteiger partial charge in [0.1, 0.15) is 0 Å². The molecule has 0 fully saturated rings. The number of rotatable bonds is 5. The van der Waals surface area contributed by atoms with Gasteiger partial charge in [0, 0.05) is 10.6 Å². The average molecular weight is 343 g/mol. The van der Waals surface area contributed by atoms with Crippen LogP contribution in [0.25, 0.3) is 11.1 Å². The first-order valence-corrected chi connectivity index (χ1v) is 8.91. The molecule has 0 aliphatic carbocycles. The van der Waals surface area contributed by atoms with Gasteiger partial charge in [0.2, 0.25) is 0 Å². The first-order chi connectivity index (χ1) is 11.5. The lowest BCUT2D eigenvalue weighted by molar-refractivity contribution is 0.0934. The van der Waals surface area contributed by atoms with Crippen molar-refractivity contribution in [1.29, 1.82) is 0 Å². The second kappa shape index (κ2) is 6.73. The van der Waals surface area contributed by atoms with Crippen LogP contribution in [-0.2, 0) is 0 Å². The fourth-order valence-corrected chi connectivity index (χ4v) is 3.63. The summed E-state index contributed by atoms with van der Waals surface area (Å²) < 4.78 is 5.22. The number of thiophene rings is 1. The Kier molecular flexibility index (Phi) is 4.66. The molecule has 0 spiro atoms. The number of pyridine rings is 1. The maximum Gasteiger partial charge on any atom is 0.258 e. The molecule has 24 heavy (non-hydrogen) atoms. The molecule has 3 heterocycles. The Morgan fingerprint density at radius 3 is 2.83 bits per heavy atom. The van der Waals surface area contributed by atoms with Crippen LogP contribution in [0.4, 0.5) is 0 Å². The molecule has 1 amide bonds. The zero-order valence-corrected chi connectivity index (χ0v) is 15.1. The molecular formula is C18H21N3O2S. The maximum absolute atomic E-state index is 12.9. The second-order valence-electron chi connectivity index (χ2n) is 6.43. The topological polar surface area (TPSA) is 68.0 Å². The lowest BCUT2D eigenvalue weighted by atomic mass is 10.0. The minimum atomic E-state index is -0.115. The van der Waals surface area contributed by atoms with Crippen LogP contribution in [0.5, 0.6) is 0 Å². The molecule has 0 bridgehead atoms. The third-order valence-corrected chi connectivity index (χ3v) is 4.87. The van der Waals surface area contributed by atoms with E-state index >= 15 is 0 Å². The van der Waals surface area contributed by atoms with Crippen molar-refractivity contribution in [3.8, 4) is 0 Å². The number of hydrogen-bond acceptors (Lipinski definition) is 5. The highest BCUT2D eigenvalue weighted by molar-refractivity contribution is 7.10. The largest absolute Gasteiger partial charge is 0.344 e. The number of carbonyl (C=O) groups excluding carboxylic acids is 1. The van der Waals surface area contributed by atoms with Gasteiger partial charge >= 0.3 is 0 Å². The molecule has 0 saturated heterocycles. The Hall–Kier alpha value is -2.21. The number of hydrogen-bond donors (Lipinski definition) is 1. The van der Waals surface area contributed by atoms with Crippen molar-refractivity contribution in [2.45, 2.75) is 40.2 Å². The fraction of sp³-hybridized carbons (Fsp3) is 0.389. The van der Waals surface area contributed by atoms with Crippen LogP contribution in [0.15, 0.2) is 28.1 Å². The third kappa shape index (κ3) is 3.33. The van der Waals surface area contributed by atoms with E-state index in [0.29, 0.717) is 28.3 Å². The summed E-state index contributed by atoms with van der Waals surface area (Å²) in [6, 6.07) is 5.87. The summed E-state index contributed by atoms with van der Waals surface area (Å²) >= 11 is 1.66. The van der Waals surface area contributed by atoms with Crippen molar-refractivity contribution in [2.75, 3.05) is 0 Å². The standard InChI is InChI=1S/C18H21N3O2S/c1-10(2)8-14(15-6-5-7-24-15)20-17(22)13-9-11(3)19-18-16(13)12(4)21-23-18/h5-7,9-10,14H,8H2,1-4H3,(H,20,22). The maximum atomic E-state index is 12.9. The smallest absolute Gasteiger partial charge is 0.258 e. The molecule has 0 aliphatic rings. The summed E-state index contributed by atoms with van der Waals surface area (Å²) in [4.78, 5) is 18.4. The van der Waals surface area contributed by atoms with E-state index in [9.17, 15) is 4.79 Å². The van der Waals surface area contributed by atoms with Gasteiger partial charge in [-0.3, -0.25) is 4.79 Å².